The van der Waals surface area contributed by atoms with Gasteiger partial charge in [0.05, 0.1) is 10.5 Å². The molecule has 0 aromatic heterocycles. The topological polar surface area (TPSA) is 69.2 Å². The van der Waals surface area contributed by atoms with Crippen molar-refractivity contribution in [3.05, 3.63) is 38.9 Å². The molecule has 4 nitrogen and oxygen atoms in total. The van der Waals surface area contributed by atoms with Crippen molar-refractivity contribution in [3.63, 3.8) is 0 Å². The number of benzene rings is 1. The quantitative estimate of drug-likeness (QED) is 0.604. The van der Waals surface area contributed by atoms with E-state index in [1.807, 2.05) is 0 Å². The van der Waals surface area contributed by atoms with Gasteiger partial charge in [-0.15, -0.1) is 0 Å². The van der Waals surface area contributed by atoms with E-state index in [-0.39, 0.29) is 5.69 Å². The molecule has 74 valence electrons. The van der Waals surface area contributed by atoms with Crippen molar-refractivity contribution in [2.75, 3.05) is 0 Å². The average Bonchev–Trinajstić information content (AvgIpc) is 2.84. The zero-order chi connectivity index (χ0) is 10.3. The number of nitrogens with zero attached hydrogens (tertiary/aromatic N) is 1. The maximum Gasteiger partial charge on any atom is 0.274 e. The molecule has 0 bridgehead atoms. The Labute approximate surface area is 85.8 Å². The van der Waals surface area contributed by atoms with Gasteiger partial charge in [0.25, 0.3) is 5.69 Å². The molecule has 0 atom stereocenters. The summed E-state index contributed by atoms with van der Waals surface area (Å²) < 4.78 is 0. The van der Waals surface area contributed by atoms with Gasteiger partial charge in [0, 0.05) is 16.6 Å². The van der Waals surface area contributed by atoms with Gasteiger partial charge >= 0.3 is 0 Å². The Hall–Kier alpha value is -1.13. The number of halogens is 1. The number of nitro groups is 1. The molecule has 14 heavy (non-hydrogen) atoms. The van der Waals surface area contributed by atoms with Crippen LogP contribution in [0.1, 0.15) is 18.4 Å². The minimum absolute atomic E-state index is 0.0643. The van der Waals surface area contributed by atoms with Crippen LogP contribution in [0.5, 0.6) is 0 Å². The summed E-state index contributed by atoms with van der Waals surface area (Å²) in [7, 11) is 0. The molecular weight excluding hydrogens is 204 g/mol. The molecule has 0 aliphatic heterocycles. The first-order valence-electron chi connectivity index (χ1n) is 4.26. The third kappa shape index (κ3) is 1.47. The average molecular weight is 213 g/mol. The lowest BCUT2D eigenvalue weighted by Gasteiger charge is -2.09. The van der Waals surface area contributed by atoms with E-state index in [0.717, 1.165) is 12.8 Å². The maximum atomic E-state index is 10.7. The molecule has 5 heteroatoms. The van der Waals surface area contributed by atoms with Crippen molar-refractivity contribution in [3.8, 4) is 0 Å². The van der Waals surface area contributed by atoms with Crippen LogP contribution in [0.15, 0.2) is 18.2 Å². The predicted molar refractivity (Wildman–Crippen MR) is 53.2 cm³/mol. The molecule has 0 spiro atoms. The van der Waals surface area contributed by atoms with Gasteiger partial charge in [-0.2, -0.15) is 0 Å². The van der Waals surface area contributed by atoms with E-state index in [9.17, 15) is 10.1 Å². The summed E-state index contributed by atoms with van der Waals surface area (Å²) in [6.45, 7) is 0. The Morgan fingerprint density at radius 3 is 2.64 bits per heavy atom. The van der Waals surface area contributed by atoms with Crippen molar-refractivity contribution in [1.29, 1.82) is 0 Å². The first kappa shape index (κ1) is 9.43. The molecule has 1 aliphatic rings. The van der Waals surface area contributed by atoms with Gasteiger partial charge in [0.1, 0.15) is 0 Å². The summed E-state index contributed by atoms with van der Waals surface area (Å²) in [6.07, 6.45) is 1.57. The van der Waals surface area contributed by atoms with Crippen LogP contribution >= 0.6 is 11.6 Å². The highest BCUT2D eigenvalue weighted by atomic mass is 35.5. The molecular formula is C9H9ClN2O2. The third-order valence-corrected chi connectivity index (χ3v) is 2.72. The van der Waals surface area contributed by atoms with E-state index in [1.165, 1.54) is 12.1 Å². The van der Waals surface area contributed by atoms with Crippen LogP contribution in [-0.2, 0) is 5.54 Å². The first-order valence-corrected chi connectivity index (χ1v) is 4.64. The van der Waals surface area contributed by atoms with Crippen LogP contribution < -0.4 is 5.73 Å². The zero-order valence-corrected chi connectivity index (χ0v) is 8.12. The fraction of sp³-hybridized carbons (Fsp3) is 0.333. The smallest absolute Gasteiger partial charge is 0.274 e. The third-order valence-electron chi connectivity index (χ3n) is 2.48. The zero-order valence-electron chi connectivity index (χ0n) is 7.37. The molecule has 0 amide bonds. The summed E-state index contributed by atoms with van der Waals surface area (Å²) in [5.41, 5.74) is 6.01. The SMILES string of the molecule is NC1(c2cc(Cl)ccc2[N+](=O)[O-])CC1. The molecule has 0 unspecified atom stereocenters. The number of nitro benzene ring substituents is 1. The molecule has 1 aliphatic carbocycles. The van der Waals surface area contributed by atoms with Crippen LogP contribution in [0.25, 0.3) is 0 Å². The minimum Gasteiger partial charge on any atom is -0.321 e. The van der Waals surface area contributed by atoms with E-state index < -0.39 is 10.5 Å². The molecule has 1 aromatic carbocycles. The molecule has 0 saturated heterocycles. The van der Waals surface area contributed by atoms with E-state index in [1.54, 1.807) is 6.07 Å². The standard InChI is InChI=1S/C9H9ClN2O2/c10-6-1-2-8(12(13)14)7(5-6)9(11)3-4-9/h1-2,5H,3-4,11H2. The Bertz CT molecular complexity index is 402. The maximum absolute atomic E-state index is 10.7. The van der Waals surface area contributed by atoms with Crippen molar-refractivity contribution in [1.82, 2.24) is 0 Å². The first-order chi connectivity index (χ1) is 6.53. The van der Waals surface area contributed by atoms with Gasteiger partial charge < -0.3 is 5.73 Å². The Morgan fingerprint density at radius 1 is 1.50 bits per heavy atom. The molecule has 1 fully saturated rings. The number of nitrogens with two attached hydrogens (primary N) is 1. The molecule has 0 heterocycles. The lowest BCUT2D eigenvalue weighted by Crippen LogP contribution is -2.20. The van der Waals surface area contributed by atoms with E-state index >= 15 is 0 Å². The molecule has 0 radical (unpaired) electrons. The van der Waals surface area contributed by atoms with Crippen LogP contribution in [0.3, 0.4) is 0 Å². The minimum atomic E-state index is -0.521. The normalized spacial score (nSPS) is 17.9. The van der Waals surface area contributed by atoms with E-state index in [4.69, 9.17) is 17.3 Å². The van der Waals surface area contributed by atoms with Crippen LogP contribution in [-0.4, -0.2) is 4.92 Å². The number of hydrogen-bond acceptors (Lipinski definition) is 3. The summed E-state index contributed by atoms with van der Waals surface area (Å²) in [5, 5.41) is 11.2. The highest BCUT2D eigenvalue weighted by Crippen LogP contribution is 2.46. The van der Waals surface area contributed by atoms with Crippen molar-refractivity contribution in [2.45, 2.75) is 18.4 Å². The van der Waals surface area contributed by atoms with Crippen molar-refractivity contribution in [2.24, 2.45) is 5.73 Å². The summed E-state index contributed by atoms with van der Waals surface area (Å²) >= 11 is 5.78. The fourth-order valence-electron chi connectivity index (χ4n) is 1.47. The summed E-state index contributed by atoms with van der Waals surface area (Å²) in [6, 6.07) is 4.51. The Balaban J connectivity index is 2.54. The van der Waals surface area contributed by atoms with Crippen LogP contribution in [0.2, 0.25) is 5.02 Å². The second-order valence-corrected chi connectivity index (χ2v) is 4.01. The lowest BCUT2D eigenvalue weighted by atomic mass is 10.0. The highest BCUT2D eigenvalue weighted by Gasteiger charge is 2.44. The lowest BCUT2D eigenvalue weighted by molar-refractivity contribution is -0.385. The largest absolute Gasteiger partial charge is 0.321 e. The van der Waals surface area contributed by atoms with Crippen LogP contribution in [0.4, 0.5) is 5.69 Å². The second-order valence-electron chi connectivity index (χ2n) is 3.57. The predicted octanol–water partition coefficient (Wildman–Crippen LogP) is 2.20. The number of rotatable bonds is 2. The summed E-state index contributed by atoms with van der Waals surface area (Å²) in [4.78, 5) is 10.3. The van der Waals surface area contributed by atoms with Crippen molar-refractivity contribution < 1.29 is 4.92 Å². The Morgan fingerprint density at radius 2 is 2.14 bits per heavy atom. The molecule has 2 N–H and O–H groups in total. The fourth-order valence-corrected chi connectivity index (χ4v) is 1.64. The monoisotopic (exact) mass is 212 g/mol. The molecule has 1 aromatic rings. The van der Waals surface area contributed by atoms with Crippen LogP contribution in [0, 0.1) is 10.1 Å². The van der Waals surface area contributed by atoms with Gasteiger partial charge in [-0.05, 0) is 25.0 Å². The van der Waals surface area contributed by atoms with Gasteiger partial charge in [0.15, 0.2) is 0 Å². The Kier molecular flexibility index (Phi) is 1.97. The number of hydrogen-bond donors (Lipinski definition) is 1. The van der Waals surface area contributed by atoms with Gasteiger partial charge in [-0.1, -0.05) is 11.6 Å². The highest BCUT2D eigenvalue weighted by molar-refractivity contribution is 6.30. The van der Waals surface area contributed by atoms with E-state index in [0.29, 0.717) is 10.6 Å². The van der Waals surface area contributed by atoms with Crippen molar-refractivity contribution >= 4 is 17.3 Å². The van der Waals surface area contributed by atoms with E-state index in [2.05, 4.69) is 0 Å². The van der Waals surface area contributed by atoms with Gasteiger partial charge in [-0.25, -0.2) is 0 Å². The molecule has 2 rings (SSSR count). The molecule has 1 saturated carbocycles. The second kappa shape index (κ2) is 2.93. The van der Waals surface area contributed by atoms with Gasteiger partial charge in [-0.3, -0.25) is 10.1 Å². The summed E-state index contributed by atoms with van der Waals surface area (Å²) in [5.74, 6) is 0. The van der Waals surface area contributed by atoms with Gasteiger partial charge in [0.2, 0.25) is 0 Å².